The lowest BCUT2D eigenvalue weighted by atomic mass is 10.1. The van der Waals surface area contributed by atoms with E-state index in [4.69, 9.17) is 0 Å². The molecule has 4 heterocycles. The molecule has 0 unspecified atom stereocenters. The van der Waals surface area contributed by atoms with Crippen LogP contribution in [0.3, 0.4) is 0 Å². The molecule has 0 atom stereocenters. The largest absolute Gasteiger partial charge is 0.353 e. The maximum atomic E-state index is 13.1. The van der Waals surface area contributed by atoms with Crippen LogP contribution in [-0.4, -0.2) is 66.5 Å². The molecule has 0 aliphatic carbocycles. The number of hydrogen-bond donors (Lipinski definition) is 0. The molecule has 0 N–H and O–H groups in total. The number of anilines is 1. The second-order valence-corrected chi connectivity index (χ2v) is 7.37. The van der Waals surface area contributed by atoms with E-state index in [0.717, 1.165) is 22.9 Å². The molecule has 9 heteroatoms. The molecule has 1 aromatic carbocycles. The minimum Gasteiger partial charge on any atom is -0.353 e. The van der Waals surface area contributed by atoms with Crippen molar-refractivity contribution in [2.75, 3.05) is 31.1 Å². The zero-order valence-electron chi connectivity index (χ0n) is 17.2. The Morgan fingerprint density at radius 1 is 0.935 bits per heavy atom. The molecule has 9 nitrogen and oxygen atoms in total. The molecule has 0 radical (unpaired) electrons. The number of nitrogens with zero attached hydrogens (tertiary/aromatic N) is 8. The van der Waals surface area contributed by atoms with E-state index in [9.17, 15) is 4.79 Å². The van der Waals surface area contributed by atoms with Crippen molar-refractivity contribution in [1.29, 1.82) is 0 Å². The van der Waals surface area contributed by atoms with Crippen molar-refractivity contribution in [1.82, 2.24) is 34.4 Å². The third-order valence-corrected chi connectivity index (χ3v) is 5.44. The van der Waals surface area contributed by atoms with E-state index in [1.54, 1.807) is 21.9 Å². The van der Waals surface area contributed by atoms with Crippen molar-refractivity contribution < 1.29 is 4.79 Å². The molecule has 1 aliphatic rings. The molecule has 0 spiro atoms. The molecule has 1 saturated heterocycles. The highest BCUT2D eigenvalue weighted by Crippen LogP contribution is 2.21. The van der Waals surface area contributed by atoms with Crippen LogP contribution in [0.25, 0.3) is 17.1 Å². The Morgan fingerprint density at radius 3 is 2.45 bits per heavy atom. The van der Waals surface area contributed by atoms with Gasteiger partial charge in [-0.15, -0.1) is 0 Å². The third-order valence-electron chi connectivity index (χ3n) is 5.44. The summed E-state index contributed by atoms with van der Waals surface area (Å²) in [5, 5.41) is 8.75. The predicted molar refractivity (Wildman–Crippen MR) is 116 cm³/mol. The van der Waals surface area contributed by atoms with Gasteiger partial charge in [0.05, 0.1) is 5.69 Å². The van der Waals surface area contributed by atoms with Gasteiger partial charge in [0.2, 0.25) is 0 Å². The highest BCUT2D eigenvalue weighted by atomic mass is 16.2. The van der Waals surface area contributed by atoms with E-state index in [2.05, 4.69) is 25.1 Å². The summed E-state index contributed by atoms with van der Waals surface area (Å²) in [5.41, 5.74) is 2.39. The fraction of sp³-hybridized carbons (Fsp3) is 0.227. The summed E-state index contributed by atoms with van der Waals surface area (Å²) in [5.74, 6) is 1.55. The molecule has 3 aromatic heterocycles. The van der Waals surface area contributed by atoms with Gasteiger partial charge in [-0.3, -0.25) is 9.48 Å². The summed E-state index contributed by atoms with van der Waals surface area (Å²) < 4.78 is 3.37. The molecule has 156 valence electrons. The molecular formula is C22H22N8O. The molecule has 4 aromatic rings. The van der Waals surface area contributed by atoms with Crippen molar-refractivity contribution in [2.24, 2.45) is 7.05 Å². The molecular weight excluding hydrogens is 392 g/mol. The number of benzene rings is 1. The summed E-state index contributed by atoms with van der Waals surface area (Å²) in [6, 6.07) is 15.5. The number of aryl methyl sites for hydroxylation is 1. The fourth-order valence-electron chi connectivity index (χ4n) is 3.76. The molecule has 5 rings (SSSR count). The minimum atomic E-state index is -0.00301. The lowest BCUT2D eigenvalue weighted by Gasteiger charge is -2.35. The second kappa shape index (κ2) is 8.02. The predicted octanol–water partition coefficient (Wildman–Crippen LogP) is 2.03. The van der Waals surface area contributed by atoms with Crippen LogP contribution in [0.5, 0.6) is 0 Å². The van der Waals surface area contributed by atoms with Crippen molar-refractivity contribution in [3.05, 3.63) is 72.9 Å². The van der Waals surface area contributed by atoms with Crippen LogP contribution >= 0.6 is 0 Å². The average molecular weight is 414 g/mol. The first kappa shape index (κ1) is 19.0. The summed E-state index contributed by atoms with van der Waals surface area (Å²) >= 11 is 0. The highest BCUT2D eigenvalue weighted by Gasteiger charge is 2.25. The van der Waals surface area contributed by atoms with E-state index >= 15 is 0 Å². The maximum absolute atomic E-state index is 13.1. The number of hydrogen-bond acceptors (Lipinski definition) is 6. The second-order valence-electron chi connectivity index (χ2n) is 7.37. The maximum Gasteiger partial charge on any atom is 0.272 e. The number of carbonyl (C=O) groups is 1. The van der Waals surface area contributed by atoms with Crippen LogP contribution in [0.2, 0.25) is 0 Å². The molecule has 1 amide bonds. The van der Waals surface area contributed by atoms with Gasteiger partial charge in [-0.1, -0.05) is 30.3 Å². The van der Waals surface area contributed by atoms with Gasteiger partial charge in [0.15, 0.2) is 5.82 Å². The molecule has 31 heavy (non-hydrogen) atoms. The van der Waals surface area contributed by atoms with Gasteiger partial charge in [-0.25, -0.2) is 14.6 Å². The van der Waals surface area contributed by atoms with E-state index in [1.807, 2.05) is 66.7 Å². The lowest BCUT2D eigenvalue weighted by molar-refractivity contribution is 0.0735. The van der Waals surface area contributed by atoms with Gasteiger partial charge in [0.25, 0.3) is 5.91 Å². The van der Waals surface area contributed by atoms with Gasteiger partial charge < -0.3 is 9.80 Å². The van der Waals surface area contributed by atoms with Crippen molar-refractivity contribution in [3.63, 3.8) is 0 Å². The Bertz CT molecular complexity index is 1180. The highest BCUT2D eigenvalue weighted by molar-refractivity contribution is 5.94. The van der Waals surface area contributed by atoms with Crippen molar-refractivity contribution in [2.45, 2.75) is 0 Å². The summed E-state index contributed by atoms with van der Waals surface area (Å²) in [6.07, 6.45) is 5.11. The summed E-state index contributed by atoms with van der Waals surface area (Å²) in [4.78, 5) is 25.9. The number of carbonyl (C=O) groups excluding carboxylic acids is 1. The van der Waals surface area contributed by atoms with Crippen LogP contribution in [-0.2, 0) is 7.05 Å². The Morgan fingerprint density at radius 2 is 1.71 bits per heavy atom. The Hall–Kier alpha value is -4.01. The Kier molecular flexibility index (Phi) is 4.91. The smallest absolute Gasteiger partial charge is 0.272 e. The first-order valence-corrected chi connectivity index (χ1v) is 10.1. The zero-order valence-corrected chi connectivity index (χ0v) is 17.2. The molecule has 1 fully saturated rings. The van der Waals surface area contributed by atoms with Crippen LogP contribution in [0.4, 0.5) is 5.82 Å². The SMILES string of the molecule is Cn1nc(-c2ccccc2)cc1C(=O)N1CCN(c2cc(-n3cccn3)ncn2)CC1. The van der Waals surface area contributed by atoms with Crippen LogP contribution in [0, 0.1) is 0 Å². The van der Waals surface area contributed by atoms with Crippen molar-refractivity contribution >= 4 is 11.7 Å². The van der Waals surface area contributed by atoms with Gasteiger partial charge in [0, 0.05) is 57.3 Å². The number of aromatic nitrogens is 6. The van der Waals surface area contributed by atoms with Crippen LogP contribution < -0.4 is 4.90 Å². The van der Waals surface area contributed by atoms with Crippen LogP contribution in [0.15, 0.2) is 67.3 Å². The number of amides is 1. The Balaban J connectivity index is 1.28. The van der Waals surface area contributed by atoms with Gasteiger partial charge in [-0.2, -0.15) is 10.2 Å². The minimum absolute atomic E-state index is 0.00301. The number of piperazine rings is 1. The zero-order chi connectivity index (χ0) is 21.2. The van der Waals surface area contributed by atoms with Crippen LogP contribution in [0.1, 0.15) is 10.5 Å². The summed E-state index contributed by atoms with van der Waals surface area (Å²) in [6.45, 7) is 2.63. The van der Waals surface area contributed by atoms with Gasteiger partial charge in [0.1, 0.15) is 17.8 Å². The first-order valence-electron chi connectivity index (χ1n) is 10.1. The number of rotatable bonds is 4. The monoisotopic (exact) mass is 414 g/mol. The van der Waals surface area contributed by atoms with E-state index in [-0.39, 0.29) is 5.91 Å². The quantitative estimate of drug-likeness (QED) is 0.508. The molecule has 1 aliphatic heterocycles. The van der Waals surface area contributed by atoms with E-state index in [0.29, 0.717) is 31.9 Å². The first-order chi connectivity index (χ1) is 15.2. The topological polar surface area (TPSA) is 85.0 Å². The average Bonchev–Trinajstić information content (AvgIpc) is 3.50. The fourth-order valence-corrected chi connectivity index (χ4v) is 3.76. The third kappa shape index (κ3) is 3.77. The van der Waals surface area contributed by atoms with Gasteiger partial charge in [-0.05, 0) is 12.1 Å². The standard InChI is InChI=1S/C22H22N8O/c1-27-19(14-18(26-27)17-6-3-2-4-7-17)22(31)29-12-10-28(11-13-29)20-15-21(24-16-23-20)30-9-5-8-25-30/h2-9,14-16H,10-13H2,1H3. The van der Waals surface area contributed by atoms with Gasteiger partial charge >= 0.3 is 0 Å². The Labute approximate surface area is 179 Å². The normalized spacial score (nSPS) is 14.1. The van der Waals surface area contributed by atoms with E-state index < -0.39 is 0 Å². The summed E-state index contributed by atoms with van der Waals surface area (Å²) in [7, 11) is 1.81. The molecule has 0 bridgehead atoms. The van der Waals surface area contributed by atoms with E-state index in [1.165, 1.54) is 0 Å². The lowest BCUT2D eigenvalue weighted by Crippen LogP contribution is -2.49. The molecule has 0 saturated carbocycles. The van der Waals surface area contributed by atoms with Crippen molar-refractivity contribution in [3.8, 4) is 17.1 Å².